The fourth-order valence-corrected chi connectivity index (χ4v) is 3.82. The summed E-state index contributed by atoms with van der Waals surface area (Å²) in [4.78, 5) is 13.1. The molecule has 0 bridgehead atoms. The fraction of sp³-hybridized carbons (Fsp3) is 0.611. The number of β-amino-alcohol motifs (C(OH)–C–C–N with tert-alkyl or cyclic N) is 1. The predicted octanol–water partition coefficient (Wildman–Crippen LogP) is 1.48. The van der Waals surface area contributed by atoms with Crippen molar-refractivity contribution in [3.63, 3.8) is 0 Å². The number of carbonyl (C=O) groups is 1. The Morgan fingerprint density at radius 3 is 2.75 bits per heavy atom. The monoisotopic (exact) mass is 335 g/mol. The maximum absolute atomic E-state index is 10.8. The number of nitrogens with zero attached hydrogens (tertiary/aromatic N) is 1. The van der Waals surface area contributed by atoms with E-state index in [1.54, 1.807) is 12.1 Å². The lowest BCUT2D eigenvalue weighted by Crippen LogP contribution is -2.40. The standard InChI is InChI=1S/C18H25NO5/c1-18(2)11-19(16-10-23-9-15(16)18)7-13(20)8-24-14-5-3-12(4-6-14)17(21)22/h3-6,13,15-16,20H,7-11H2,1-2H3,(H,21,22)/t13?,15-,16+/m0/s1. The smallest absolute Gasteiger partial charge is 0.335 e. The molecule has 0 saturated carbocycles. The van der Waals surface area contributed by atoms with Gasteiger partial charge in [0.1, 0.15) is 18.5 Å². The third kappa shape index (κ3) is 3.55. The molecule has 2 heterocycles. The van der Waals surface area contributed by atoms with E-state index in [0.29, 0.717) is 24.3 Å². The molecule has 1 aromatic rings. The molecule has 2 aliphatic rings. The molecule has 0 aliphatic carbocycles. The van der Waals surface area contributed by atoms with Crippen LogP contribution in [0.2, 0.25) is 0 Å². The molecule has 2 aliphatic heterocycles. The van der Waals surface area contributed by atoms with Crippen LogP contribution in [0.15, 0.2) is 24.3 Å². The van der Waals surface area contributed by atoms with Crippen molar-refractivity contribution in [1.82, 2.24) is 4.90 Å². The first-order chi connectivity index (χ1) is 11.4. The van der Waals surface area contributed by atoms with E-state index in [1.807, 2.05) is 0 Å². The van der Waals surface area contributed by atoms with E-state index in [9.17, 15) is 9.90 Å². The largest absolute Gasteiger partial charge is 0.491 e. The number of ether oxygens (including phenoxy) is 2. The summed E-state index contributed by atoms with van der Waals surface area (Å²) in [6, 6.07) is 6.58. The molecule has 1 unspecified atom stereocenters. The highest BCUT2D eigenvalue weighted by atomic mass is 16.5. The number of rotatable bonds is 6. The Labute approximate surface area is 142 Å². The summed E-state index contributed by atoms with van der Waals surface area (Å²) in [6.07, 6.45) is -0.598. The van der Waals surface area contributed by atoms with E-state index in [4.69, 9.17) is 14.6 Å². The first-order valence-corrected chi connectivity index (χ1v) is 8.33. The molecule has 2 fully saturated rings. The van der Waals surface area contributed by atoms with Gasteiger partial charge in [-0.3, -0.25) is 4.90 Å². The summed E-state index contributed by atoms with van der Waals surface area (Å²) >= 11 is 0. The van der Waals surface area contributed by atoms with E-state index < -0.39 is 12.1 Å². The van der Waals surface area contributed by atoms with E-state index in [1.165, 1.54) is 12.1 Å². The van der Waals surface area contributed by atoms with Crippen LogP contribution < -0.4 is 4.74 Å². The second-order valence-electron chi connectivity index (χ2n) is 7.42. The maximum atomic E-state index is 10.8. The second kappa shape index (κ2) is 6.70. The van der Waals surface area contributed by atoms with Crippen molar-refractivity contribution in [3.05, 3.63) is 29.8 Å². The number of likely N-dealkylation sites (tertiary alicyclic amines) is 1. The number of carboxylic acids is 1. The van der Waals surface area contributed by atoms with E-state index in [2.05, 4.69) is 18.7 Å². The lowest BCUT2D eigenvalue weighted by molar-refractivity contribution is 0.0518. The molecule has 0 aromatic heterocycles. The number of carboxylic acid groups (broad SMARTS) is 1. The van der Waals surface area contributed by atoms with Crippen molar-refractivity contribution in [2.75, 3.05) is 32.9 Å². The molecule has 2 N–H and O–H groups in total. The van der Waals surface area contributed by atoms with Crippen molar-refractivity contribution in [3.8, 4) is 5.75 Å². The van der Waals surface area contributed by atoms with Crippen LogP contribution in [-0.2, 0) is 4.74 Å². The number of hydrogen-bond donors (Lipinski definition) is 2. The third-order valence-corrected chi connectivity index (χ3v) is 5.12. The fourth-order valence-electron chi connectivity index (χ4n) is 3.82. The third-order valence-electron chi connectivity index (χ3n) is 5.12. The molecule has 0 radical (unpaired) electrons. The van der Waals surface area contributed by atoms with Crippen molar-refractivity contribution < 1.29 is 24.5 Å². The summed E-state index contributed by atoms with van der Waals surface area (Å²) in [7, 11) is 0. The van der Waals surface area contributed by atoms with Gasteiger partial charge in [-0.25, -0.2) is 4.79 Å². The summed E-state index contributed by atoms with van der Waals surface area (Å²) in [5.74, 6) is 0.114. The molecule has 6 nitrogen and oxygen atoms in total. The zero-order chi connectivity index (χ0) is 17.3. The highest BCUT2D eigenvalue weighted by Gasteiger charge is 2.49. The molecule has 3 atom stereocenters. The molecule has 24 heavy (non-hydrogen) atoms. The van der Waals surface area contributed by atoms with Crippen molar-refractivity contribution in [2.45, 2.75) is 26.0 Å². The number of aliphatic hydroxyl groups is 1. The Kier molecular flexibility index (Phi) is 4.80. The van der Waals surface area contributed by atoms with Crippen molar-refractivity contribution in [1.29, 1.82) is 0 Å². The maximum Gasteiger partial charge on any atom is 0.335 e. The van der Waals surface area contributed by atoms with Crippen LogP contribution in [0.5, 0.6) is 5.75 Å². The van der Waals surface area contributed by atoms with Crippen LogP contribution in [0.1, 0.15) is 24.2 Å². The van der Waals surface area contributed by atoms with Crippen LogP contribution >= 0.6 is 0 Å². The predicted molar refractivity (Wildman–Crippen MR) is 88.4 cm³/mol. The minimum absolute atomic E-state index is 0.182. The van der Waals surface area contributed by atoms with Crippen LogP contribution in [0, 0.1) is 11.3 Å². The molecule has 0 spiro atoms. The Morgan fingerprint density at radius 2 is 2.08 bits per heavy atom. The van der Waals surface area contributed by atoms with Gasteiger partial charge in [0.2, 0.25) is 0 Å². The first kappa shape index (κ1) is 17.2. The average Bonchev–Trinajstić information content (AvgIpc) is 3.10. The SMILES string of the molecule is CC1(C)CN(CC(O)COc2ccc(C(=O)O)cc2)[C@@H]2COC[C@@H]21. The molecule has 6 heteroatoms. The summed E-state index contributed by atoms with van der Waals surface area (Å²) < 4.78 is 11.2. The van der Waals surface area contributed by atoms with E-state index >= 15 is 0 Å². The Balaban J connectivity index is 1.51. The van der Waals surface area contributed by atoms with E-state index in [-0.39, 0.29) is 17.6 Å². The number of fused-ring (bicyclic) bond motifs is 1. The number of hydrogen-bond acceptors (Lipinski definition) is 5. The topological polar surface area (TPSA) is 79.2 Å². The summed E-state index contributed by atoms with van der Waals surface area (Å²) in [5.41, 5.74) is 0.420. The molecule has 3 rings (SSSR count). The second-order valence-corrected chi connectivity index (χ2v) is 7.42. The normalized spacial score (nSPS) is 27.0. The van der Waals surface area contributed by atoms with Gasteiger partial charge >= 0.3 is 5.97 Å². The highest BCUT2D eigenvalue weighted by molar-refractivity contribution is 5.87. The van der Waals surface area contributed by atoms with Gasteiger partial charge in [0.05, 0.1) is 18.8 Å². The van der Waals surface area contributed by atoms with Gasteiger partial charge in [-0.2, -0.15) is 0 Å². The Bertz CT molecular complexity index is 586. The van der Waals surface area contributed by atoms with Crippen LogP contribution in [0.3, 0.4) is 0 Å². The van der Waals surface area contributed by atoms with E-state index in [0.717, 1.165) is 19.8 Å². The van der Waals surface area contributed by atoms with Crippen molar-refractivity contribution in [2.24, 2.45) is 11.3 Å². The first-order valence-electron chi connectivity index (χ1n) is 8.33. The van der Waals surface area contributed by atoms with Crippen molar-refractivity contribution >= 4 is 5.97 Å². The van der Waals surface area contributed by atoms with Gasteiger partial charge < -0.3 is 19.7 Å². The lowest BCUT2D eigenvalue weighted by atomic mass is 9.80. The zero-order valence-corrected chi connectivity index (χ0v) is 14.1. The molecule has 0 amide bonds. The van der Waals surface area contributed by atoms with Crippen LogP contribution in [0.4, 0.5) is 0 Å². The average molecular weight is 335 g/mol. The molecule has 132 valence electrons. The minimum atomic E-state index is -0.966. The zero-order valence-electron chi connectivity index (χ0n) is 14.1. The Hall–Kier alpha value is -1.63. The van der Waals surface area contributed by atoms with Gasteiger partial charge in [0, 0.05) is 25.0 Å². The van der Waals surface area contributed by atoms with Crippen LogP contribution in [0.25, 0.3) is 0 Å². The van der Waals surface area contributed by atoms with Gasteiger partial charge in [-0.05, 0) is 29.7 Å². The highest BCUT2D eigenvalue weighted by Crippen LogP contribution is 2.43. The number of aromatic carboxylic acids is 1. The molecule has 2 saturated heterocycles. The molecular formula is C18H25NO5. The minimum Gasteiger partial charge on any atom is -0.491 e. The lowest BCUT2D eigenvalue weighted by Gasteiger charge is -2.26. The van der Waals surface area contributed by atoms with Gasteiger partial charge in [-0.15, -0.1) is 0 Å². The van der Waals surface area contributed by atoms with Crippen LogP contribution in [-0.4, -0.2) is 66.1 Å². The summed E-state index contributed by atoms with van der Waals surface area (Å²) in [6.45, 7) is 7.74. The Morgan fingerprint density at radius 1 is 1.38 bits per heavy atom. The quantitative estimate of drug-likeness (QED) is 0.820. The number of aliphatic hydroxyl groups excluding tert-OH is 1. The molecule has 1 aromatic carbocycles. The van der Waals surface area contributed by atoms with Gasteiger partial charge in [-0.1, -0.05) is 13.8 Å². The number of benzene rings is 1. The molecular weight excluding hydrogens is 310 g/mol. The van der Waals surface area contributed by atoms with Gasteiger partial charge in [0.15, 0.2) is 0 Å². The van der Waals surface area contributed by atoms with Gasteiger partial charge in [0.25, 0.3) is 0 Å². The summed E-state index contributed by atoms with van der Waals surface area (Å²) in [5, 5.41) is 19.2.